The molecule has 21 heavy (non-hydrogen) atoms. The number of hydrogen-bond acceptors (Lipinski definition) is 5. The van der Waals surface area contributed by atoms with E-state index in [1.807, 2.05) is 20.8 Å². The Hall–Kier alpha value is -1.10. The van der Waals surface area contributed by atoms with Crippen LogP contribution in [0.2, 0.25) is 0 Å². The summed E-state index contributed by atoms with van der Waals surface area (Å²) in [7, 11) is 0. The highest BCUT2D eigenvalue weighted by molar-refractivity contribution is 6.00. The summed E-state index contributed by atoms with van der Waals surface area (Å²) >= 11 is 0. The Labute approximate surface area is 128 Å². The van der Waals surface area contributed by atoms with Crippen LogP contribution in [0.3, 0.4) is 0 Å². The first-order valence-electron chi connectivity index (χ1n) is 7.74. The Bertz CT molecular complexity index is 329. The van der Waals surface area contributed by atoms with Gasteiger partial charge in [0.05, 0.1) is 18.8 Å². The van der Waals surface area contributed by atoms with Crippen molar-refractivity contribution in [3.63, 3.8) is 0 Å². The smallest absolute Gasteiger partial charge is 0.323 e. The maximum atomic E-state index is 12.4. The molecule has 0 fully saturated rings. The molecule has 0 aromatic heterocycles. The number of aliphatic hydroxyl groups is 1. The molecule has 0 saturated carbocycles. The van der Waals surface area contributed by atoms with Crippen LogP contribution in [0, 0.1) is 11.3 Å². The van der Waals surface area contributed by atoms with Gasteiger partial charge in [0.2, 0.25) is 0 Å². The van der Waals surface area contributed by atoms with Crippen LogP contribution in [-0.4, -0.2) is 35.9 Å². The molecular weight excluding hydrogens is 272 g/mol. The highest BCUT2D eigenvalue weighted by Gasteiger charge is 2.52. The molecule has 0 radical (unpaired) electrons. The van der Waals surface area contributed by atoms with Crippen molar-refractivity contribution in [3.8, 4) is 0 Å². The summed E-state index contributed by atoms with van der Waals surface area (Å²) in [5.41, 5.74) is -2.59. The third kappa shape index (κ3) is 4.99. The maximum Gasteiger partial charge on any atom is 0.323 e. The van der Waals surface area contributed by atoms with E-state index < -0.39 is 23.0 Å². The van der Waals surface area contributed by atoms with Crippen LogP contribution in [-0.2, 0) is 19.1 Å². The zero-order chi connectivity index (χ0) is 16.7. The first-order chi connectivity index (χ1) is 9.67. The van der Waals surface area contributed by atoms with E-state index in [1.165, 1.54) is 0 Å². The van der Waals surface area contributed by atoms with Crippen LogP contribution in [0.25, 0.3) is 0 Å². The first kappa shape index (κ1) is 19.9. The summed E-state index contributed by atoms with van der Waals surface area (Å²) in [6.45, 7) is 11.0. The van der Waals surface area contributed by atoms with Gasteiger partial charge < -0.3 is 14.6 Å². The summed E-state index contributed by atoms with van der Waals surface area (Å²) in [6, 6.07) is 0. The Kier molecular flexibility index (Phi) is 7.93. The van der Waals surface area contributed by atoms with Crippen molar-refractivity contribution in [3.05, 3.63) is 0 Å². The molecule has 0 amide bonds. The minimum Gasteiger partial charge on any atom is -0.465 e. The predicted octanol–water partition coefficient (Wildman–Crippen LogP) is 2.70. The second kappa shape index (κ2) is 8.37. The minimum atomic E-state index is -1.44. The molecule has 0 aromatic carbocycles. The third-order valence-corrected chi connectivity index (χ3v) is 3.91. The molecule has 0 rings (SSSR count). The van der Waals surface area contributed by atoms with E-state index in [2.05, 4.69) is 0 Å². The van der Waals surface area contributed by atoms with Gasteiger partial charge in [-0.05, 0) is 33.1 Å². The fraction of sp³-hybridized carbons (Fsp3) is 0.875. The topological polar surface area (TPSA) is 72.8 Å². The van der Waals surface area contributed by atoms with Crippen molar-refractivity contribution < 1.29 is 24.2 Å². The van der Waals surface area contributed by atoms with Gasteiger partial charge in [0.1, 0.15) is 0 Å². The Morgan fingerprint density at radius 2 is 1.48 bits per heavy atom. The molecular formula is C16H30O5. The van der Waals surface area contributed by atoms with E-state index in [-0.39, 0.29) is 25.6 Å². The third-order valence-electron chi connectivity index (χ3n) is 3.91. The molecule has 0 saturated heterocycles. The van der Waals surface area contributed by atoms with Gasteiger partial charge in [-0.3, -0.25) is 9.59 Å². The molecule has 5 nitrogen and oxygen atoms in total. The highest BCUT2D eigenvalue weighted by Crippen LogP contribution is 2.39. The van der Waals surface area contributed by atoms with Crippen molar-refractivity contribution in [1.29, 1.82) is 0 Å². The van der Waals surface area contributed by atoms with E-state index in [9.17, 15) is 14.7 Å². The number of carbonyl (C=O) groups is 2. The summed E-state index contributed by atoms with van der Waals surface area (Å²) in [5, 5.41) is 10.6. The second-order valence-corrected chi connectivity index (χ2v) is 5.96. The van der Waals surface area contributed by atoms with E-state index in [1.54, 1.807) is 20.8 Å². The fourth-order valence-electron chi connectivity index (χ4n) is 2.30. The molecule has 1 unspecified atom stereocenters. The van der Waals surface area contributed by atoms with Gasteiger partial charge in [0, 0.05) is 6.42 Å². The predicted molar refractivity (Wildman–Crippen MR) is 80.7 cm³/mol. The van der Waals surface area contributed by atoms with Crippen LogP contribution in [0.4, 0.5) is 0 Å². The van der Waals surface area contributed by atoms with Gasteiger partial charge in [-0.15, -0.1) is 0 Å². The van der Waals surface area contributed by atoms with Crippen molar-refractivity contribution in [2.24, 2.45) is 11.3 Å². The lowest BCUT2D eigenvalue weighted by molar-refractivity contribution is -0.179. The van der Waals surface area contributed by atoms with Crippen molar-refractivity contribution >= 4 is 11.9 Å². The molecule has 1 N–H and O–H groups in total. The lowest BCUT2D eigenvalue weighted by Crippen LogP contribution is -2.49. The molecule has 0 aliphatic heterocycles. The Balaban J connectivity index is 5.67. The van der Waals surface area contributed by atoms with Gasteiger partial charge in [0.15, 0.2) is 5.41 Å². The lowest BCUT2D eigenvalue weighted by atomic mass is 9.71. The standard InChI is InChI=1S/C16H30O5/c1-7-10-16(13(17)20-8-2,14(18)21-9-3)11-15(6,19)12(4)5/h12,19H,7-11H2,1-6H3. The zero-order valence-corrected chi connectivity index (χ0v) is 14.2. The Morgan fingerprint density at radius 1 is 1.05 bits per heavy atom. The van der Waals surface area contributed by atoms with E-state index >= 15 is 0 Å². The molecule has 0 aromatic rings. The van der Waals surface area contributed by atoms with Gasteiger partial charge in [-0.25, -0.2) is 0 Å². The number of ether oxygens (including phenoxy) is 2. The van der Waals surface area contributed by atoms with Gasteiger partial charge >= 0.3 is 11.9 Å². The van der Waals surface area contributed by atoms with Crippen molar-refractivity contribution in [2.75, 3.05) is 13.2 Å². The molecule has 0 bridgehead atoms. The van der Waals surface area contributed by atoms with Crippen LogP contribution in [0.15, 0.2) is 0 Å². The summed E-state index contributed by atoms with van der Waals surface area (Å²) in [5.74, 6) is -1.31. The van der Waals surface area contributed by atoms with Crippen molar-refractivity contribution in [1.82, 2.24) is 0 Å². The summed E-state index contributed by atoms with van der Waals surface area (Å²) < 4.78 is 10.2. The number of rotatable bonds is 9. The highest BCUT2D eigenvalue weighted by atomic mass is 16.6. The van der Waals surface area contributed by atoms with Gasteiger partial charge in [-0.1, -0.05) is 27.2 Å². The SMILES string of the molecule is CCCC(CC(C)(O)C(C)C)(C(=O)OCC)C(=O)OCC. The van der Waals surface area contributed by atoms with Crippen LogP contribution in [0.1, 0.15) is 60.8 Å². The zero-order valence-electron chi connectivity index (χ0n) is 14.2. The van der Waals surface area contributed by atoms with Crippen LogP contribution in [0.5, 0.6) is 0 Å². The van der Waals surface area contributed by atoms with E-state index in [0.717, 1.165) is 0 Å². The number of esters is 2. The van der Waals surface area contributed by atoms with Crippen LogP contribution >= 0.6 is 0 Å². The summed E-state index contributed by atoms with van der Waals surface area (Å²) in [6.07, 6.45) is 0.919. The van der Waals surface area contributed by atoms with Gasteiger partial charge in [0.25, 0.3) is 0 Å². The van der Waals surface area contributed by atoms with Crippen LogP contribution < -0.4 is 0 Å². The average molecular weight is 302 g/mol. The molecule has 124 valence electrons. The second-order valence-electron chi connectivity index (χ2n) is 5.96. The monoisotopic (exact) mass is 302 g/mol. The normalized spacial score (nSPS) is 14.7. The van der Waals surface area contributed by atoms with Gasteiger partial charge in [-0.2, -0.15) is 0 Å². The molecule has 0 aliphatic rings. The fourth-order valence-corrected chi connectivity index (χ4v) is 2.30. The summed E-state index contributed by atoms with van der Waals surface area (Å²) in [4.78, 5) is 24.9. The maximum absolute atomic E-state index is 12.4. The quantitative estimate of drug-likeness (QED) is 0.523. The number of hydrogen-bond donors (Lipinski definition) is 1. The minimum absolute atomic E-state index is 0.00315. The molecule has 0 spiro atoms. The molecule has 0 heterocycles. The molecule has 0 aliphatic carbocycles. The Morgan fingerprint density at radius 3 is 1.76 bits per heavy atom. The first-order valence-corrected chi connectivity index (χ1v) is 7.74. The van der Waals surface area contributed by atoms with E-state index in [0.29, 0.717) is 12.8 Å². The lowest BCUT2D eigenvalue weighted by Gasteiger charge is -2.37. The van der Waals surface area contributed by atoms with Crippen molar-refractivity contribution in [2.45, 2.75) is 66.4 Å². The molecule has 5 heteroatoms. The number of carbonyl (C=O) groups excluding carboxylic acids is 2. The van der Waals surface area contributed by atoms with E-state index in [4.69, 9.17) is 9.47 Å². The largest absolute Gasteiger partial charge is 0.465 e. The molecule has 1 atom stereocenters. The average Bonchev–Trinajstić information content (AvgIpc) is 2.38.